The van der Waals surface area contributed by atoms with Crippen molar-refractivity contribution in [2.45, 2.75) is 50.7 Å². The van der Waals surface area contributed by atoms with Crippen LogP contribution in [0.4, 0.5) is 11.4 Å². The van der Waals surface area contributed by atoms with Crippen LogP contribution in [0.25, 0.3) is 16.7 Å². The van der Waals surface area contributed by atoms with Crippen LogP contribution in [0.5, 0.6) is 0 Å². The lowest BCUT2D eigenvalue weighted by atomic mass is 9.77. The first kappa shape index (κ1) is 27.0. The Balaban J connectivity index is 1.10. The Kier molecular flexibility index (Phi) is 7.28. The molecule has 2 heteroatoms. The van der Waals surface area contributed by atoms with E-state index in [0.717, 1.165) is 25.7 Å². The minimum atomic E-state index is 0.200. The molecule has 3 aromatic rings. The molecule has 8 rings (SSSR count). The van der Waals surface area contributed by atoms with Crippen molar-refractivity contribution >= 4 is 16.9 Å². The average molecular weight is 574 g/mol. The summed E-state index contributed by atoms with van der Waals surface area (Å²) in [6.45, 7) is 0. The largest absolute Gasteiger partial charge is 0.489 e. The van der Waals surface area contributed by atoms with Crippen LogP contribution in [0.1, 0.15) is 44.1 Å². The Morgan fingerprint density at radius 3 is 2.14 bits per heavy atom. The lowest BCUT2D eigenvalue weighted by molar-refractivity contribution is 0.181. The molecule has 0 saturated carbocycles. The van der Waals surface area contributed by atoms with Gasteiger partial charge in [-0.05, 0) is 102 Å². The van der Waals surface area contributed by atoms with E-state index >= 15 is 0 Å². The fourth-order valence-corrected chi connectivity index (χ4v) is 7.66. The minimum Gasteiger partial charge on any atom is -0.489 e. The summed E-state index contributed by atoms with van der Waals surface area (Å²) < 4.78 is 6.60. The van der Waals surface area contributed by atoms with Crippen LogP contribution >= 0.6 is 0 Å². The van der Waals surface area contributed by atoms with Gasteiger partial charge < -0.3 is 9.64 Å². The lowest BCUT2D eigenvalue weighted by Crippen LogP contribution is -2.30. The molecular weight excluding hydrogens is 534 g/mol. The van der Waals surface area contributed by atoms with Gasteiger partial charge in [-0.2, -0.15) is 0 Å². The number of hydrogen-bond donors (Lipinski definition) is 0. The molecule has 2 nitrogen and oxygen atoms in total. The van der Waals surface area contributed by atoms with Gasteiger partial charge in [-0.3, -0.25) is 0 Å². The van der Waals surface area contributed by atoms with E-state index < -0.39 is 0 Å². The maximum Gasteiger partial charge on any atom is 0.124 e. The molecule has 1 aliphatic heterocycles. The van der Waals surface area contributed by atoms with Gasteiger partial charge in [-0.15, -0.1) is 0 Å². The molecule has 1 heterocycles. The summed E-state index contributed by atoms with van der Waals surface area (Å²) in [7, 11) is 0. The number of allylic oxidation sites excluding steroid dienone is 10. The van der Waals surface area contributed by atoms with Gasteiger partial charge in [-0.25, -0.2) is 0 Å². The maximum absolute atomic E-state index is 6.60. The van der Waals surface area contributed by atoms with E-state index in [4.69, 9.17) is 4.74 Å². The zero-order valence-corrected chi connectivity index (χ0v) is 25.2. The third-order valence-electron chi connectivity index (χ3n) is 9.91. The second kappa shape index (κ2) is 11.8. The quantitative estimate of drug-likeness (QED) is 0.291. The summed E-state index contributed by atoms with van der Waals surface area (Å²) >= 11 is 0. The Labute approximate surface area is 261 Å². The first-order valence-electron chi connectivity index (χ1n) is 16.4. The summed E-state index contributed by atoms with van der Waals surface area (Å²) in [4.78, 5) is 2.51. The summed E-state index contributed by atoms with van der Waals surface area (Å²) in [6.07, 6.45) is 30.1. The van der Waals surface area contributed by atoms with Crippen LogP contribution in [0.3, 0.4) is 0 Å². The van der Waals surface area contributed by atoms with Crippen molar-refractivity contribution in [3.8, 4) is 11.1 Å². The number of ether oxygens (including phenoxy) is 1. The molecule has 4 aliphatic carbocycles. The van der Waals surface area contributed by atoms with E-state index in [-0.39, 0.29) is 12.1 Å². The fraction of sp³-hybridized carbons (Fsp3) is 0.238. The highest BCUT2D eigenvalue weighted by atomic mass is 16.5. The minimum absolute atomic E-state index is 0.200. The van der Waals surface area contributed by atoms with Gasteiger partial charge in [0.05, 0.1) is 6.04 Å². The normalized spacial score (nSPS) is 25.2. The van der Waals surface area contributed by atoms with Gasteiger partial charge in [0, 0.05) is 23.2 Å². The smallest absolute Gasteiger partial charge is 0.124 e. The monoisotopic (exact) mass is 573 g/mol. The maximum atomic E-state index is 6.60. The van der Waals surface area contributed by atoms with Crippen molar-refractivity contribution in [3.05, 3.63) is 162 Å². The zero-order valence-electron chi connectivity index (χ0n) is 25.2. The third kappa shape index (κ3) is 5.13. The molecule has 0 radical (unpaired) electrons. The number of benzene rings is 3. The van der Waals surface area contributed by atoms with Crippen LogP contribution in [0.2, 0.25) is 0 Å². The van der Waals surface area contributed by atoms with Crippen molar-refractivity contribution in [1.82, 2.24) is 0 Å². The molecule has 218 valence electrons. The molecular formula is C42H39NO. The number of hydrogen-bond acceptors (Lipinski definition) is 2. The number of nitrogens with zero attached hydrogens (tertiary/aromatic N) is 1. The standard InChI is InChI=1S/C42H39NO/c1-3-10-30(11-4-1)32-18-24-35(25-19-32)43(36-26-20-33(21-27-36)31-12-5-2-6-13-31)37-28-22-34(23-29-37)38-15-9-16-40-39-14-7-8-17-41(39)44-42(38)40/h1,3-5,7-8,10-14,17-28,37,39-41H,2,6,9,15-16,29H2. The predicted molar refractivity (Wildman–Crippen MR) is 183 cm³/mol. The number of fused-ring (bicyclic) bond motifs is 3. The van der Waals surface area contributed by atoms with Gasteiger partial charge in [-0.1, -0.05) is 109 Å². The number of rotatable bonds is 6. The number of anilines is 2. The van der Waals surface area contributed by atoms with Crippen molar-refractivity contribution in [2.75, 3.05) is 4.90 Å². The van der Waals surface area contributed by atoms with Crippen LogP contribution in [-0.4, -0.2) is 12.1 Å². The van der Waals surface area contributed by atoms with Crippen molar-refractivity contribution in [3.63, 3.8) is 0 Å². The van der Waals surface area contributed by atoms with Gasteiger partial charge in [0.1, 0.15) is 11.9 Å². The second-order valence-corrected chi connectivity index (χ2v) is 12.6. The molecule has 0 aromatic heterocycles. The summed E-state index contributed by atoms with van der Waals surface area (Å²) in [5.74, 6) is 2.26. The van der Waals surface area contributed by atoms with Gasteiger partial charge in [0.15, 0.2) is 0 Å². The first-order chi connectivity index (χ1) is 21.8. The van der Waals surface area contributed by atoms with E-state index in [1.54, 1.807) is 0 Å². The molecule has 0 spiro atoms. The van der Waals surface area contributed by atoms with Gasteiger partial charge >= 0.3 is 0 Å². The Morgan fingerprint density at radius 2 is 1.41 bits per heavy atom. The van der Waals surface area contributed by atoms with Crippen molar-refractivity contribution < 1.29 is 4.74 Å². The molecule has 0 bridgehead atoms. The van der Waals surface area contributed by atoms with E-state index in [0.29, 0.717) is 11.8 Å². The van der Waals surface area contributed by atoms with Crippen molar-refractivity contribution in [2.24, 2.45) is 11.8 Å². The summed E-state index contributed by atoms with van der Waals surface area (Å²) in [6, 6.07) is 29.1. The first-order valence-corrected chi connectivity index (χ1v) is 16.4. The molecule has 44 heavy (non-hydrogen) atoms. The van der Waals surface area contributed by atoms with E-state index in [9.17, 15) is 0 Å². The van der Waals surface area contributed by atoms with Crippen molar-refractivity contribution in [1.29, 1.82) is 0 Å². The predicted octanol–water partition coefficient (Wildman–Crippen LogP) is 10.7. The van der Waals surface area contributed by atoms with E-state index in [1.165, 1.54) is 63.4 Å². The molecule has 1 fully saturated rings. The van der Waals surface area contributed by atoms with Gasteiger partial charge in [0.2, 0.25) is 0 Å². The Hall–Kier alpha value is -4.56. The molecule has 1 saturated heterocycles. The highest BCUT2D eigenvalue weighted by molar-refractivity contribution is 5.77. The van der Waals surface area contributed by atoms with E-state index in [1.807, 2.05) is 0 Å². The molecule has 0 N–H and O–H groups in total. The summed E-state index contributed by atoms with van der Waals surface area (Å²) in [5, 5.41) is 0. The molecule has 4 atom stereocenters. The summed E-state index contributed by atoms with van der Waals surface area (Å²) in [5.41, 5.74) is 10.3. The SMILES string of the molecule is C1=CC2OC3=C(C4=CCC(N(c5ccc(C6=CCCC=C6)cc5)c5ccc(-c6ccccc6)cc5)C=C4)CCCC3C2C=C1. The highest BCUT2D eigenvalue weighted by Crippen LogP contribution is 2.48. The second-order valence-electron chi connectivity index (χ2n) is 12.6. The molecule has 3 aromatic carbocycles. The van der Waals surface area contributed by atoms with Gasteiger partial charge in [0.25, 0.3) is 0 Å². The topological polar surface area (TPSA) is 12.5 Å². The average Bonchev–Trinajstić information content (AvgIpc) is 3.49. The van der Waals surface area contributed by atoms with Crippen LogP contribution in [0, 0.1) is 11.8 Å². The lowest BCUT2D eigenvalue weighted by Gasteiger charge is -2.34. The third-order valence-corrected chi connectivity index (χ3v) is 9.91. The van der Waals surface area contributed by atoms with Crippen LogP contribution < -0.4 is 4.90 Å². The van der Waals surface area contributed by atoms with Crippen LogP contribution in [-0.2, 0) is 4.74 Å². The Morgan fingerprint density at radius 1 is 0.659 bits per heavy atom. The van der Waals surface area contributed by atoms with E-state index in [2.05, 4.69) is 145 Å². The highest BCUT2D eigenvalue weighted by Gasteiger charge is 2.42. The molecule has 5 aliphatic rings. The molecule has 4 unspecified atom stereocenters. The fourth-order valence-electron chi connectivity index (χ4n) is 7.66. The van der Waals surface area contributed by atoms with Crippen LogP contribution in [0.15, 0.2) is 157 Å². The Bertz CT molecular complexity index is 1730. The zero-order chi connectivity index (χ0) is 29.3. The molecule has 0 amide bonds.